The molecular formula is C6H8OS3. The van der Waals surface area contributed by atoms with Gasteiger partial charge in [-0.05, 0) is 17.9 Å². The summed E-state index contributed by atoms with van der Waals surface area (Å²) in [4.78, 5) is 10.5. The van der Waals surface area contributed by atoms with E-state index in [1.165, 1.54) is 6.42 Å². The molecule has 1 nitrogen and oxygen atoms in total. The van der Waals surface area contributed by atoms with E-state index in [0.29, 0.717) is 0 Å². The van der Waals surface area contributed by atoms with Gasteiger partial charge in [0.25, 0.3) is 0 Å². The number of thiol groups is 1. The third-order valence-corrected chi connectivity index (χ3v) is 3.65. The van der Waals surface area contributed by atoms with E-state index in [4.69, 9.17) is 0 Å². The summed E-state index contributed by atoms with van der Waals surface area (Å²) < 4.78 is 1.12. The molecule has 56 valence electrons. The van der Waals surface area contributed by atoms with Crippen molar-refractivity contribution in [2.24, 2.45) is 0 Å². The first-order valence-electron chi connectivity index (χ1n) is 2.99. The summed E-state index contributed by atoms with van der Waals surface area (Å²) in [6.45, 7) is 0. The molecule has 0 aliphatic carbocycles. The Bertz CT molecular complexity index is 156. The van der Waals surface area contributed by atoms with Crippen molar-refractivity contribution in [3.05, 3.63) is 10.3 Å². The highest BCUT2D eigenvalue weighted by Gasteiger charge is 2.06. The van der Waals surface area contributed by atoms with Crippen molar-refractivity contribution in [3.8, 4) is 0 Å². The monoisotopic (exact) mass is 192 g/mol. The third-order valence-electron chi connectivity index (χ3n) is 1.02. The predicted octanol–water partition coefficient (Wildman–Crippen LogP) is 2.15. The number of rotatable bonds is 1. The normalized spacial score (nSPS) is 18.7. The fourth-order valence-electron chi connectivity index (χ4n) is 0.630. The quantitative estimate of drug-likeness (QED) is 0.507. The Labute approximate surface area is 74.4 Å². The summed E-state index contributed by atoms with van der Waals surface area (Å²) in [5.74, 6) is 2.28. The summed E-state index contributed by atoms with van der Waals surface area (Å²) in [6.07, 6.45) is 2.84. The minimum absolute atomic E-state index is 0.142. The molecule has 0 saturated carbocycles. The van der Waals surface area contributed by atoms with Crippen LogP contribution >= 0.6 is 36.2 Å². The van der Waals surface area contributed by atoms with Gasteiger partial charge in [0.05, 0.1) is 0 Å². The van der Waals surface area contributed by atoms with Gasteiger partial charge >= 0.3 is 0 Å². The van der Waals surface area contributed by atoms with Crippen molar-refractivity contribution in [1.29, 1.82) is 0 Å². The molecule has 1 fully saturated rings. The second kappa shape index (κ2) is 4.36. The number of hydrogen-bond acceptors (Lipinski definition) is 3. The van der Waals surface area contributed by atoms with Gasteiger partial charge in [0.2, 0.25) is 5.12 Å². The first kappa shape index (κ1) is 8.56. The molecule has 1 aliphatic rings. The van der Waals surface area contributed by atoms with Gasteiger partial charge in [-0.3, -0.25) is 4.79 Å². The van der Waals surface area contributed by atoms with Gasteiger partial charge in [-0.25, -0.2) is 0 Å². The lowest BCUT2D eigenvalue weighted by Gasteiger charge is -2.10. The Balaban J connectivity index is 2.45. The molecule has 0 unspecified atom stereocenters. The van der Waals surface area contributed by atoms with Crippen molar-refractivity contribution >= 4 is 41.3 Å². The Kier molecular flexibility index (Phi) is 3.73. The molecule has 0 aromatic carbocycles. The van der Waals surface area contributed by atoms with E-state index in [-0.39, 0.29) is 5.12 Å². The van der Waals surface area contributed by atoms with Gasteiger partial charge in [-0.2, -0.15) is 0 Å². The molecule has 0 aromatic heterocycles. The van der Waals surface area contributed by atoms with Gasteiger partial charge in [-0.1, -0.05) is 0 Å². The van der Waals surface area contributed by atoms with Crippen LogP contribution in [0.15, 0.2) is 10.3 Å². The molecule has 0 bridgehead atoms. The zero-order chi connectivity index (χ0) is 7.40. The minimum Gasteiger partial charge on any atom is -0.282 e. The maximum Gasteiger partial charge on any atom is 0.210 e. The first-order chi connectivity index (χ1) is 4.79. The van der Waals surface area contributed by atoms with Crippen LogP contribution in [-0.2, 0) is 4.79 Å². The van der Waals surface area contributed by atoms with Crippen LogP contribution in [0.5, 0.6) is 0 Å². The Hall–Kier alpha value is 0.460. The zero-order valence-corrected chi connectivity index (χ0v) is 7.90. The lowest BCUT2D eigenvalue weighted by molar-refractivity contribution is -0.106. The number of carbonyl (C=O) groups excluding carboxylic acids is 1. The highest BCUT2D eigenvalue weighted by Crippen LogP contribution is 2.34. The maximum atomic E-state index is 10.5. The van der Waals surface area contributed by atoms with E-state index in [2.05, 4.69) is 12.6 Å². The van der Waals surface area contributed by atoms with Crippen LogP contribution in [0.3, 0.4) is 0 Å². The second-order valence-electron chi connectivity index (χ2n) is 1.85. The van der Waals surface area contributed by atoms with E-state index in [9.17, 15) is 4.79 Å². The van der Waals surface area contributed by atoms with Crippen molar-refractivity contribution in [2.75, 3.05) is 11.5 Å². The maximum absolute atomic E-state index is 10.5. The largest absolute Gasteiger partial charge is 0.282 e. The number of carbonyl (C=O) groups is 1. The van der Waals surface area contributed by atoms with Gasteiger partial charge < -0.3 is 0 Å². The summed E-state index contributed by atoms with van der Waals surface area (Å²) in [5.41, 5.74) is 0. The van der Waals surface area contributed by atoms with E-state index >= 15 is 0 Å². The van der Waals surface area contributed by atoms with Crippen LogP contribution in [0, 0.1) is 0 Å². The average Bonchev–Trinajstić information content (AvgIpc) is 1.88. The molecule has 0 spiro atoms. The zero-order valence-electron chi connectivity index (χ0n) is 5.37. The number of hydrogen-bond donors (Lipinski definition) is 1. The van der Waals surface area contributed by atoms with Gasteiger partial charge in [-0.15, -0.1) is 36.2 Å². The van der Waals surface area contributed by atoms with E-state index in [0.717, 1.165) is 15.7 Å². The summed E-state index contributed by atoms with van der Waals surface area (Å²) in [6, 6.07) is 0. The molecule has 1 rings (SSSR count). The Morgan fingerprint density at radius 3 is 2.60 bits per heavy atom. The molecule has 0 aromatic rings. The standard InChI is InChI=1S/C6H8OS3/c7-5(8)4-6-9-2-1-3-10-6/h4H,1-3H2,(H,7,8). The van der Waals surface area contributed by atoms with Crippen LogP contribution in [0.1, 0.15) is 6.42 Å². The van der Waals surface area contributed by atoms with Crippen LogP contribution in [0.2, 0.25) is 0 Å². The molecule has 0 atom stereocenters. The molecule has 4 heteroatoms. The first-order valence-corrected chi connectivity index (χ1v) is 5.41. The fraction of sp³-hybridized carbons (Fsp3) is 0.500. The van der Waals surface area contributed by atoms with Crippen molar-refractivity contribution in [2.45, 2.75) is 6.42 Å². The molecular weight excluding hydrogens is 184 g/mol. The van der Waals surface area contributed by atoms with Crippen LogP contribution in [0.4, 0.5) is 0 Å². The van der Waals surface area contributed by atoms with E-state index < -0.39 is 0 Å². The molecule has 1 heterocycles. The highest BCUT2D eigenvalue weighted by molar-refractivity contribution is 8.22. The van der Waals surface area contributed by atoms with Crippen molar-refractivity contribution in [3.63, 3.8) is 0 Å². The fourth-order valence-corrected chi connectivity index (χ4v) is 3.31. The van der Waals surface area contributed by atoms with Gasteiger partial charge in [0.15, 0.2) is 0 Å². The molecule has 1 saturated heterocycles. The summed E-state index contributed by atoms with van der Waals surface area (Å²) in [7, 11) is 0. The minimum atomic E-state index is -0.142. The Morgan fingerprint density at radius 1 is 1.50 bits per heavy atom. The van der Waals surface area contributed by atoms with Gasteiger partial charge in [0.1, 0.15) is 0 Å². The van der Waals surface area contributed by atoms with Crippen molar-refractivity contribution < 1.29 is 4.79 Å². The van der Waals surface area contributed by atoms with Crippen LogP contribution in [0.25, 0.3) is 0 Å². The predicted molar refractivity (Wildman–Crippen MR) is 51.6 cm³/mol. The van der Waals surface area contributed by atoms with Crippen LogP contribution in [-0.4, -0.2) is 16.6 Å². The second-order valence-corrected chi connectivity index (χ2v) is 4.82. The van der Waals surface area contributed by atoms with Crippen molar-refractivity contribution in [1.82, 2.24) is 0 Å². The topological polar surface area (TPSA) is 17.1 Å². The lowest BCUT2D eigenvalue weighted by Crippen LogP contribution is -1.92. The smallest absolute Gasteiger partial charge is 0.210 e. The SMILES string of the molecule is O=C(S)C=C1SCCCS1. The lowest BCUT2D eigenvalue weighted by atomic mass is 10.6. The highest BCUT2D eigenvalue weighted by atomic mass is 32.2. The van der Waals surface area contributed by atoms with E-state index in [1.807, 2.05) is 0 Å². The molecule has 0 amide bonds. The molecule has 10 heavy (non-hydrogen) atoms. The Morgan fingerprint density at radius 2 is 2.10 bits per heavy atom. The van der Waals surface area contributed by atoms with E-state index in [1.54, 1.807) is 29.6 Å². The number of thioether (sulfide) groups is 2. The van der Waals surface area contributed by atoms with Crippen LogP contribution < -0.4 is 0 Å². The summed E-state index contributed by atoms with van der Waals surface area (Å²) >= 11 is 7.16. The van der Waals surface area contributed by atoms with Gasteiger partial charge in [0, 0.05) is 10.3 Å². The molecule has 0 radical (unpaired) electrons. The summed E-state index contributed by atoms with van der Waals surface area (Å²) in [5, 5.41) is -0.142. The average molecular weight is 192 g/mol. The third kappa shape index (κ3) is 3.03. The molecule has 0 N–H and O–H groups in total. The molecule has 1 aliphatic heterocycles.